The van der Waals surface area contributed by atoms with Gasteiger partial charge in [-0.2, -0.15) is 0 Å². The Kier molecular flexibility index (Phi) is 6.60. The van der Waals surface area contributed by atoms with Gasteiger partial charge in [-0.25, -0.2) is 9.97 Å². The van der Waals surface area contributed by atoms with E-state index in [1.165, 1.54) is 16.0 Å². The number of aromatic nitrogens is 3. The van der Waals surface area contributed by atoms with Crippen LogP contribution in [0.1, 0.15) is 51.1 Å². The van der Waals surface area contributed by atoms with Crippen molar-refractivity contribution in [2.75, 3.05) is 13.7 Å². The van der Waals surface area contributed by atoms with E-state index in [0.717, 1.165) is 59.6 Å². The second-order valence-electron chi connectivity index (χ2n) is 9.46. The number of rotatable bonds is 8. The molecule has 3 heterocycles. The topological polar surface area (TPSA) is 66.2 Å². The van der Waals surface area contributed by atoms with Gasteiger partial charge in [-0.05, 0) is 74.8 Å². The third-order valence-corrected chi connectivity index (χ3v) is 8.22. The molecule has 1 aliphatic rings. The van der Waals surface area contributed by atoms with E-state index in [2.05, 4.69) is 33.6 Å². The molecule has 0 fully saturated rings. The highest BCUT2D eigenvalue weighted by Gasteiger charge is 2.24. The van der Waals surface area contributed by atoms with E-state index < -0.39 is 0 Å². The number of nitrogens with zero attached hydrogens (tertiary/aromatic N) is 3. The maximum atomic E-state index is 13.2. The third kappa shape index (κ3) is 4.69. The van der Waals surface area contributed by atoms with Crippen molar-refractivity contribution in [3.63, 3.8) is 0 Å². The number of ketones is 1. The van der Waals surface area contributed by atoms with Gasteiger partial charge in [0.25, 0.3) is 0 Å². The fourth-order valence-corrected chi connectivity index (χ4v) is 6.37. The fourth-order valence-electron chi connectivity index (χ4n) is 5.03. The molecule has 4 aromatic rings. The van der Waals surface area contributed by atoms with Gasteiger partial charge < -0.3 is 14.0 Å². The summed E-state index contributed by atoms with van der Waals surface area (Å²) in [6.45, 7) is 7.13. The zero-order valence-corrected chi connectivity index (χ0v) is 21.6. The number of ether oxygens (including phenoxy) is 2. The van der Waals surface area contributed by atoms with Crippen molar-refractivity contribution in [3.8, 4) is 11.6 Å². The number of carbonyl (C=O) groups is 1. The van der Waals surface area contributed by atoms with E-state index in [-0.39, 0.29) is 12.4 Å². The number of fused-ring (bicyclic) bond motifs is 3. The Morgan fingerprint density at radius 1 is 1.20 bits per heavy atom. The van der Waals surface area contributed by atoms with Gasteiger partial charge in [0.15, 0.2) is 6.61 Å². The minimum atomic E-state index is -0.0318. The predicted octanol–water partition coefficient (Wildman–Crippen LogP) is 5.75. The lowest BCUT2D eigenvalue weighted by molar-refractivity contribution is 0.0918. The van der Waals surface area contributed by atoms with E-state index >= 15 is 0 Å². The number of methoxy groups -OCH3 is 1. The van der Waals surface area contributed by atoms with Crippen molar-refractivity contribution in [2.24, 2.45) is 5.92 Å². The lowest BCUT2D eigenvalue weighted by Gasteiger charge is -2.18. The molecule has 0 amide bonds. The highest BCUT2D eigenvalue weighted by Crippen LogP contribution is 2.40. The average molecular weight is 490 g/mol. The molecule has 1 unspecified atom stereocenters. The maximum absolute atomic E-state index is 13.2. The first-order chi connectivity index (χ1) is 16.9. The summed E-state index contributed by atoms with van der Waals surface area (Å²) in [6, 6.07) is 10.1. The maximum Gasteiger partial charge on any atom is 0.226 e. The predicted molar refractivity (Wildman–Crippen MR) is 139 cm³/mol. The van der Waals surface area contributed by atoms with Crippen LogP contribution in [0.15, 0.2) is 36.7 Å². The number of hydrogen-bond donors (Lipinski definition) is 0. The molecule has 7 heteroatoms. The summed E-state index contributed by atoms with van der Waals surface area (Å²) in [4.78, 5) is 24.4. The summed E-state index contributed by atoms with van der Waals surface area (Å²) in [7, 11) is 1.67. The quantitative estimate of drug-likeness (QED) is 0.295. The first-order valence-electron chi connectivity index (χ1n) is 12.2. The Morgan fingerprint density at radius 2 is 2.00 bits per heavy atom. The standard InChI is InChI=1S/C28H31N3O3S/c1-17-5-10-22-25(13-17)35-28-26(22)27(29-16-30-28)34-15-24(32)23-14-18(2)31(19(23)3)12-11-20-6-8-21(33-4)9-7-20/h6-9,14,16-17H,5,10-13,15H2,1-4H3. The van der Waals surface area contributed by atoms with Gasteiger partial charge in [0.05, 0.1) is 12.5 Å². The fraction of sp³-hybridized carbons (Fsp3) is 0.393. The second kappa shape index (κ2) is 9.82. The number of Topliss-reactive ketones (excluding diaryl/α,β-unsaturated/α-hetero) is 1. The highest BCUT2D eigenvalue weighted by molar-refractivity contribution is 7.18. The molecule has 0 spiro atoms. The smallest absolute Gasteiger partial charge is 0.226 e. The lowest BCUT2D eigenvalue weighted by atomic mass is 9.89. The SMILES string of the molecule is COc1ccc(CCn2c(C)cc(C(=O)COc3ncnc4sc5c(c34)CCC(C)C5)c2C)cc1. The summed E-state index contributed by atoms with van der Waals surface area (Å²) in [5.74, 6) is 2.05. The van der Waals surface area contributed by atoms with Crippen molar-refractivity contribution < 1.29 is 14.3 Å². The van der Waals surface area contributed by atoms with Crippen LogP contribution in [0.4, 0.5) is 0 Å². The number of hydrogen-bond acceptors (Lipinski definition) is 6. The molecule has 1 aromatic carbocycles. The molecule has 1 aliphatic carbocycles. The van der Waals surface area contributed by atoms with Crippen LogP contribution in [0.5, 0.6) is 11.6 Å². The Bertz CT molecular complexity index is 1370. The molecule has 3 aromatic heterocycles. The Morgan fingerprint density at radius 3 is 2.77 bits per heavy atom. The monoisotopic (exact) mass is 489 g/mol. The number of thiophene rings is 1. The molecule has 0 saturated carbocycles. The van der Waals surface area contributed by atoms with Crippen molar-refractivity contribution in [1.82, 2.24) is 14.5 Å². The third-order valence-electron chi connectivity index (χ3n) is 7.05. The van der Waals surface area contributed by atoms with Crippen LogP contribution < -0.4 is 9.47 Å². The zero-order valence-electron chi connectivity index (χ0n) is 20.8. The molecule has 0 radical (unpaired) electrons. The van der Waals surface area contributed by atoms with E-state index in [9.17, 15) is 4.79 Å². The molecule has 182 valence electrons. The van der Waals surface area contributed by atoms with Crippen LogP contribution in [0.25, 0.3) is 10.2 Å². The van der Waals surface area contributed by atoms with Crippen LogP contribution in [0, 0.1) is 19.8 Å². The molecule has 35 heavy (non-hydrogen) atoms. The molecule has 0 aliphatic heterocycles. The van der Waals surface area contributed by atoms with Gasteiger partial charge >= 0.3 is 0 Å². The number of carbonyl (C=O) groups excluding carboxylic acids is 1. The highest BCUT2D eigenvalue weighted by atomic mass is 32.1. The second-order valence-corrected chi connectivity index (χ2v) is 10.5. The zero-order chi connectivity index (χ0) is 24.5. The molecular formula is C28H31N3O3S. The van der Waals surface area contributed by atoms with Crippen LogP contribution in [0.2, 0.25) is 0 Å². The molecule has 6 nitrogen and oxygen atoms in total. The number of aryl methyl sites for hydroxylation is 3. The van der Waals surface area contributed by atoms with Crippen LogP contribution >= 0.6 is 11.3 Å². The van der Waals surface area contributed by atoms with E-state index in [4.69, 9.17) is 9.47 Å². The molecule has 1 atom stereocenters. The van der Waals surface area contributed by atoms with Gasteiger partial charge in [0.2, 0.25) is 11.7 Å². The van der Waals surface area contributed by atoms with Crippen LogP contribution in [-0.4, -0.2) is 34.0 Å². The van der Waals surface area contributed by atoms with Gasteiger partial charge in [0, 0.05) is 28.4 Å². The molecule has 0 bridgehead atoms. The van der Waals surface area contributed by atoms with Crippen LogP contribution in [0.3, 0.4) is 0 Å². The summed E-state index contributed by atoms with van der Waals surface area (Å²) in [6.07, 6.45) is 5.68. The normalized spacial score (nSPS) is 15.3. The van der Waals surface area contributed by atoms with Crippen LogP contribution in [-0.2, 0) is 25.8 Å². The van der Waals surface area contributed by atoms with E-state index in [0.29, 0.717) is 17.4 Å². The molecule has 0 saturated heterocycles. The first kappa shape index (κ1) is 23.5. The van der Waals surface area contributed by atoms with E-state index in [1.54, 1.807) is 24.8 Å². The van der Waals surface area contributed by atoms with Crippen molar-refractivity contribution in [1.29, 1.82) is 0 Å². The summed E-state index contributed by atoms with van der Waals surface area (Å²) in [5.41, 5.74) is 5.30. The van der Waals surface area contributed by atoms with Gasteiger partial charge in [0.1, 0.15) is 16.9 Å². The van der Waals surface area contributed by atoms with Gasteiger partial charge in [-0.15, -0.1) is 11.3 Å². The Labute approximate surface area is 209 Å². The average Bonchev–Trinajstić information content (AvgIpc) is 3.37. The summed E-state index contributed by atoms with van der Waals surface area (Å²) in [5, 5.41) is 0.997. The van der Waals surface area contributed by atoms with Crippen molar-refractivity contribution >= 4 is 27.3 Å². The minimum absolute atomic E-state index is 0.0294. The molecular weight excluding hydrogens is 458 g/mol. The minimum Gasteiger partial charge on any atom is -0.497 e. The lowest BCUT2D eigenvalue weighted by Crippen LogP contribution is -2.14. The van der Waals surface area contributed by atoms with Crippen molar-refractivity contribution in [2.45, 2.75) is 53.0 Å². The Balaban J connectivity index is 1.30. The Hall–Kier alpha value is -3.19. The van der Waals surface area contributed by atoms with E-state index in [1.807, 2.05) is 32.0 Å². The largest absolute Gasteiger partial charge is 0.497 e. The summed E-state index contributed by atoms with van der Waals surface area (Å²) < 4.78 is 13.5. The molecule has 5 rings (SSSR count). The molecule has 0 N–H and O–H groups in total. The van der Waals surface area contributed by atoms with Gasteiger partial charge in [-0.3, -0.25) is 4.79 Å². The van der Waals surface area contributed by atoms with Gasteiger partial charge in [-0.1, -0.05) is 19.1 Å². The first-order valence-corrected chi connectivity index (χ1v) is 13.0. The number of benzene rings is 1. The summed E-state index contributed by atoms with van der Waals surface area (Å²) >= 11 is 1.74. The van der Waals surface area contributed by atoms with Crippen molar-refractivity contribution in [3.05, 3.63) is 69.6 Å².